The van der Waals surface area contributed by atoms with Gasteiger partial charge in [-0.3, -0.25) is 4.79 Å². The van der Waals surface area contributed by atoms with Crippen LogP contribution in [0, 0.1) is 10.7 Å². The summed E-state index contributed by atoms with van der Waals surface area (Å²) >= 11 is 6.28. The molecule has 2 N–H and O–H groups in total. The number of benzene rings is 2. The predicted molar refractivity (Wildman–Crippen MR) is 110 cm³/mol. The molecule has 0 bridgehead atoms. The van der Waals surface area contributed by atoms with Gasteiger partial charge >= 0.3 is 5.97 Å². The number of halogens is 3. The minimum absolute atomic E-state index is 0. The molecule has 2 rings (SSSR count). The molecule has 0 aliphatic heterocycles. The SMILES string of the molecule is O=C(O)Cc1cc(I)c(Oc2ccc(O)c(I)c2)c(I)c1.[K]. The molecule has 0 atom stereocenters. The number of aliphatic carboxylic acids is 1. The first-order chi connectivity index (χ1) is 9.86. The Hall–Kier alpha value is 1.34. The van der Waals surface area contributed by atoms with Crippen LogP contribution in [0.3, 0.4) is 0 Å². The summed E-state index contributed by atoms with van der Waals surface area (Å²) in [6, 6.07) is 8.62. The van der Waals surface area contributed by atoms with Crippen LogP contribution in [-0.2, 0) is 11.2 Å². The molecule has 0 saturated heterocycles. The van der Waals surface area contributed by atoms with Gasteiger partial charge in [-0.25, -0.2) is 0 Å². The molecular formula is C14H9I3KO4. The average molecular weight is 661 g/mol. The van der Waals surface area contributed by atoms with E-state index in [4.69, 9.17) is 9.84 Å². The number of carboxylic acids is 1. The van der Waals surface area contributed by atoms with Crippen LogP contribution in [-0.4, -0.2) is 67.6 Å². The third-order valence-electron chi connectivity index (χ3n) is 2.55. The standard InChI is InChI=1S/C14H9I3O4.K/c15-9-6-8(1-2-12(9)18)21-14-10(16)3-7(4-11(14)17)5-13(19)20;/h1-4,6,18H,5H2,(H,19,20);. The van der Waals surface area contributed by atoms with Crippen molar-refractivity contribution < 1.29 is 19.7 Å². The Bertz CT molecular complexity index is 683. The minimum Gasteiger partial charge on any atom is -0.507 e. The van der Waals surface area contributed by atoms with Crippen molar-refractivity contribution in [3.8, 4) is 17.2 Å². The second-order valence-electron chi connectivity index (χ2n) is 4.17. The maximum Gasteiger partial charge on any atom is 0.307 e. The fraction of sp³-hybridized carbons (Fsp3) is 0.0714. The van der Waals surface area contributed by atoms with Crippen molar-refractivity contribution >= 4 is 125 Å². The zero-order chi connectivity index (χ0) is 15.6. The molecule has 8 heteroatoms. The molecule has 0 aromatic heterocycles. The van der Waals surface area contributed by atoms with Crippen LogP contribution < -0.4 is 4.74 Å². The molecule has 111 valence electrons. The third-order valence-corrected chi connectivity index (χ3v) is 5.02. The van der Waals surface area contributed by atoms with Crippen LogP contribution in [0.1, 0.15) is 5.56 Å². The second-order valence-corrected chi connectivity index (χ2v) is 7.66. The van der Waals surface area contributed by atoms with E-state index < -0.39 is 5.97 Å². The van der Waals surface area contributed by atoms with E-state index in [0.29, 0.717) is 15.1 Å². The van der Waals surface area contributed by atoms with E-state index in [1.165, 1.54) is 0 Å². The van der Waals surface area contributed by atoms with Gasteiger partial charge in [0.2, 0.25) is 0 Å². The number of phenolic OH excluding ortho intramolecular Hbond substituents is 1. The van der Waals surface area contributed by atoms with Gasteiger partial charge in [-0.1, -0.05) is 0 Å². The monoisotopic (exact) mass is 661 g/mol. The van der Waals surface area contributed by atoms with Gasteiger partial charge in [-0.05, 0) is 104 Å². The molecule has 0 aliphatic rings. The summed E-state index contributed by atoms with van der Waals surface area (Å²) in [4.78, 5) is 10.8. The molecule has 0 aliphatic carbocycles. The molecule has 0 saturated carbocycles. The van der Waals surface area contributed by atoms with E-state index in [-0.39, 0.29) is 63.6 Å². The van der Waals surface area contributed by atoms with E-state index in [1.807, 2.05) is 22.6 Å². The number of rotatable bonds is 4. The van der Waals surface area contributed by atoms with Crippen molar-refractivity contribution in [3.63, 3.8) is 0 Å². The third kappa shape index (κ3) is 6.00. The number of carbonyl (C=O) groups is 1. The normalized spacial score (nSPS) is 9.95. The number of hydrogen-bond acceptors (Lipinski definition) is 3. The summed E-state index contributed by atoms with van der Waals surface area (Å²) in [6.45, 7) is 0. The Morgan fingerprint density at radius 2 is 1.64 bits per heavy atom. The molecule has 0 unspecified atom stereocenters. The molecule has 1 radical (unpaired) electrons. The number of ether oxygens (including phenoxy) is 1. The Labute approximate surface area is 211 Å². The van der Waals surface area contributed by atoms with Gasteiger partial charge in [0.1, 0.15) is 11.5 Å². The molecule has 0 fully saturated rings. The van der Waals surface area contributed by atoms with E-state index in [0.717, 1.165) is 12.7 Å². The average Bonchev–Trinajstić information content (AvgIpc) is 2.37. The van der Waals surface area contributed by atoms with Gasteiger partial charge in [0, 0.05) is 51.4 Å². The first-order valence-corrected chi connectivity index (χ1v) is 8.96. The molecule has 0 amide bonds. The van der Waals surface area contributed by atoms with Crippen molar-refractivity contribution in [2.24, 2.45) is 0 Å². The van der Waals surface area contributed by atoms with Crippen molar-refractivity contribution in [1.29, 1.82) is 0 Å². The molecule has 0 spiro atoms. The maximum absolute atomic E-state index is 10.8. The van der Waals surface area contributed by atoms with Crippen LogP contribution in [0.5, 0.6) is 17.2 Å². The van der Waals surface area contributed by atoms with Crippen LogP contribution in [0.4, 0.5) is 0 Å². The summed E-state index contributed by atoms with van der Waals surface area (Å²) in [5.74, 6) is 0.665. The fourth-order valence-corrected chi connectivity index (χ4v) is 4.26. The topological polar surface area (TPSA) is 66.8 Å². The van der Waals surface area contributed by atoms with Gasteiger partial charge in [0.15, 0.2) is 5.75 Å². The zero-order valence-corrected chi connectivity index (χ0v) is 21.0. The smallest absolute Gasteiger partial charge is 0.307 e. The summed E-state index contributed by atoms with van der Waals surface area (Å²) in [7, 11) is 0. The Morgan fingerprint density at radius 1 is 1.05 bits per heavy atom. The Balaban J connectivity index is 0.00000242. The Morgan fingerprint density at radius 3 is 2.14 bits per heavy atom. The first kappa shape index (κ1) is 21.4. The predicted octanol–water partition coefficient (Wildman–Crippen LogP) is 4.24. The van der Waals surface area contributed by atoms with Gasteiger partial charge < -0.3 is 14.9 Å². The quantitative estimate of drug-likeness (QED) is 0.381. The molecule has 22 heavy (non-hydrogen) atoms. The van der Waals surface area contributed by atoms with E-state index >= 15 is 0 Å². The summed E-state index contributed by atoms with van der Waals surface area (Å²) in [5.41, 5.74) is 0.740. The molecule has 2 aromatic rings. The number of phenols is 1. The minimum atomic E-state index is -0.858. The number of aromatic hydroxyl groups is 1. The summed E-state index contributed by atoms with van der Waals surface area (Å²) in [6.07, 6.45) is -0.0105. The van der Waals surface area contributed by atoms with E-state index in [9.17, 15) is 9.90 Å². The maximum atomic E-state index is 10.8. The van der Waals surface area contributed by atoms with Crippen molar-refractivity contribution in [1.82, 2.24) is 0 Å². The van der Waals surface area contributed by atoms with Gasteiger partial charge in [-0.15, -0.1) is 0 Å². The molecule has 2 aromatic carbocycles. The van der Waals surface area contributed by atoms with Crippen LogP contribution in [0.15, 0.2) is 30.3 Å². The van der Waals surface area contributed by atoms with Gasteiger partial charge in [0.05, 0.1) is 17.1 Å². The van der Waals surface area contributed by atoms with Crippen molar-refractivity contribution in [2.45, 2.75) is 6.42 Å². The molecule has 4 nitrogen and oxygen atoms in total. The van der Waals surface area contributed by atoms with E-state index in [2.05, 4.69) is 45.2 Å². The molecule has 0 heterocycles. The summed E-state index contributed by atoms with van der Waals surface area (Å²) < 4.78 is 8.26. The van der Waals surface area contributed by atoms with Crippen molar-refractivity contribution in [3.05, 3.63) is 46.6 Å². The van der Waals surface area contributed by atoms with E-state index in [1.54, 1.807) is 30.3 Å². The molecular weight excluding hydrogens is 652 g/mol. The van der Waals surface area contributed by atoms with Crippen LogP contribution in [0.2, 0.25) is 0 Å². The van der Waals surface area contributed by atoms with Gasteiger partial charge in [-0.2, -0.15) is 0 Å². The number of carboxylic acid groups (broad SMARTS) is 1. The zero-order valence-electron chi connectivity index (χ0n) is 11.4. The first-order valence-electron chi connectivity index (χ1n) is 5.73. The fourth-order valence-electron chi connectivity index (χ4n) is 1.66. The van der Waals surface area contributed by atoms with Crippen LogP contribution >= 0.6 is 67.8 Å². The number of hydrogen-bond donors (Lipinski definition) is 2. The summed E-state index contributed by atoms with van der Waals surface area (Å²) in [5, 5.41) is 18.4. The van der Waals surface area contributed by atoms with Crippen LogP contribution in [0.25, 0.3) is 0 Å². The van der Waals surface area contributed by atoms with Crippen molar-refractivity contribution in [2.75, 3.05) is 0 Å². The Kier molecular flexibility index (Phi) is 9.45. The largest absolute Gasteiger partial charge is 0.507 e. The second kappa shape index (κ2) is 9.72. The van der Waals surface area contributed by atoms with Gasteiger partial charge in [0.25, 0.3) is 0 Å².